The fraction of sp³-hybridized carbons (Fsp3) is 0.261. The number of nitrogens with one attached hydrogen (secondary N) is 1. The Morgan fingerprint density at radius 3 is 2.64 bits per heavy atom. The summed E-state index contributed by atoms with van der Waals surface area (Å²) in [5, 5.41) is 3.33. The molecule has 4 heterocycles. The molecule has 2 fully saturated rings. The number of fused-ring (bicyclic) bond motifs is 1. The Bertz CT molecular complexity index is 1290. The Labute approximate surface area is 200 Å². The minimum Gasteiger partial charge on any atom is -0.368 e. The zero-order valence-electron chi connectivity index (χ0n) is 17.9. The number of piperazine rings is 1. The van der Waals surface area contributed by atoms with Crippen molar-refractivity contribution in [3.8, 4) is 11.3 Å². The number of thioether (sulfide) groups is 1. The van der Waals surface area contributed by atoms with Crippen molar-refractivity contribution in [2.45, 2.75) is 6.92 Å². The topological polar surface area (TPSA) is 91.3 Å². The Morgan fingerprint density at radius 1 is 1.12 bits per heavy atom. The van der Waals surface area contributed by atoms with Gasteiger partial charge < -0.3 is 9.80 Å². The molecule has 2 aliphatic rings. The first-order valence-corrected chi connectivity index (χ1v) is 11.8. The minimum absolute atomic E-state index is 0.306. The van der Waals surface area contributed by atoms with Crippen molar-refractivity contribution in [3.05, 3.63) is 52.4 Å². The van der Waals surface area contributed by atoms with Crippen molar-refractivity contribution in [1.82, 2.24) is 25.2 Å². The first-order valence-electron chi connectivity index (χ1n) is 10.6. The predicted molar refractivity (Wildman–Crippen MR) is 131 cm³/mol. The number of carbonyl (C=O) groups excluding carboxylic acids is 2. The van der Waals surface area contributed by atoms with E-state index < -0.39 is 5.91 Å². The molecule has 0 saturated carbocycles. The van der Waals surface area contributed by atoms with Gasteiger partial charge in [0.05, 0.1) is 38.7 Å². The quantitative estimate of drug-likeness (QED) is 0.564. The number of hydrogen-bond acceptors (Lipinski definition) is 8. The van der Waals surface area contributed by atoms with Gasteiger partial charge in [0.25, 0.3) is 11.1 Å². The summed E-state index contributed by atoms with van der Waals surface area (Å²) >= 11 is 7.57. The maximum absolute atomic E-state index is 11.9. The fourth-order valence-corrected chi connectivity index (χ4v) is 5.02. The van der Waals surface area contributed by atoms with E-state index in [0.717, 1.165) is 66.8 Å². The molecule has 2 aromatic heterocycles. The molecular formula is C23H21ClN6O2S. The number of hydrogen-bond donors (Lipinski definition) is 1. The van der Waals surface area contributed by atoms with Crippen LogP contribution in [0.2, 0.25) is 5.02 Å². The molecule has 33 heavy (non-hydrogen) atoms. The number of amides is 2. The van der Waals surface area contributed by atoms with Gasteiger partial charge in [-0.2, -0.15) is 0 Å². The number of pyridine rings is 1. The van der Waals surface area contributed by atoms with E-state index in [1.54, 1.807) is 12.3 Å². The lowest BCUT2D eigenvalue weighted by Crippen LogP contribution is -2.46. The van der Waals surface area contributed by atoms with Crippen molar-refractivity contribution in [1.29, 1.82) is 0 Å². The van der Waals surface area contributed by atoms with E-state index in [1.807, 2.05) is 24.3 Å². The van der Waals surface area contributed by atoms with Gasteiger partial charge in [0.2, 0.25) is 0 Å². The molecule has 0 spiro atoms. The van der Waals surface area contributed by atoms with Crippen LogP contribution in [0, 0.1) is 0 Å². The SMILES string of the molecule is CCN1CCN(c2ccc(-c3ncnc4cnc(C=C5SC(=O)NC5=O)cc34)cc2Cl)CC1. The van der Waals surface area contributed by atoms with Gasteiger partial charge in [-0.15, -0.1) is 0 Å². The van der Waals surface area contributed by atoms with Gasteiger partial charge in [-0.1, -0.05) is 24.6 Å². The van der Waals surface area contributed by atoms with E-state index >= 15 is 0 Å². The lowest BCUT2D eigenvalue weighted by Gasteiger charge is -2.36. The van der Waals surface area contributed by atoms with Crippen molar-refractivity contribution >= 4 is 57.2 Å². The molecule has 2 aliphatic heterocycles. The number of carbonyl (C=O) groups is 2. The number of nitrogens with zero attached hydrogens (tertiary/aromatic N) is 5. The summed E-state index contributed by atoms with van der Waals surface area (Å²) in [6.07, 6.45) is 4.73. The summed E-state index contributed by atoms with van der Waals surface area (Å²) in [7, 11) is 0. The van der Waals surface area contributed by atoms with Crippen molar-refractivity contribution in [3.63, 3.8) is 0 Å². The molecule has 0 atom stereocenters. The van der Waals surface area contributed by atoms with E-state index in [2.05, 4.69) is 37.0 Å². The van der Waals surface area contributed by atoms with Crippen LogP contribution in [0.3, 0.4) is 0 Å². The van der Waals surface area contributed by atoms with Crippen LogP contribution in [-0.2, 0) is 4.79 Å². The number of anilines is 1. The molecule has 0 aliphatic carbocycles. The highest BCUT2D eigenvalue weighted by Gasteiger charge is 2.25. The summed E-state index contributed by atoms with van der Waals surface area (Å²) in [5.41, 5.74) is 3.85. The molecular weight excluding hydrogens is 460 g/mol. The second-order valence-corrected chi connectivity index (χ2v) is 9.21. The Hall–Kier alpha value is -3.01. The summed E-state index contributed by atoms with van der Waals surface area (Å²) in [4.78, 5) is 41.6. The minimum atomic E-state index is -0.418. The van der Waals surface area contributed by atoms with Crippen LogP contribution >= 0.6 is 23.4 Å². The molecule has 0 unspecified atom stereocenters. The van der Waals surface area contributed by atoms with Crippen LogP contribution in [0.5, 0.6) is 0 Å². The third-order valence-corrected chi connectivity index (χ3v) is 6.96. The number of likely N-dealkylation sites (N-methyl/N-ethyl adjacent to an activating group) is 1. The predicted octanol–water partition coefficient (Wildman–Crippen LogP) is 3.81. The van der Waals surface area contributed by atoms with Crippen molar-refractivity contribution in [2.75, 3.05) is 37.6 Å². The summed E-state index contributed by atoms with van der Waals surface area (Å²) in [6.45, 7) is 7.19. The first kappa shape index (κ1) is 21.8. The largest absolute Gasteiger partial charge is 0.368 e. The van der Waals surface area contributed by atoms with Gasteiger partial charge in [-0.25, -0.2) is 9.97 Å². The maximum Gasteiger partial charge on any atom is 0.290 e. The molecule has 0 radical (unpaired) electrons. The number of imide groups is 1. The standard InChI is InChI=1S/C23H21ClN6O2S/c1-2-29-5-7-30(8-6-29)19-4-3-14(9-17(19)24)21-16-10-15(25-12-18(16)26-13-27-21)11-20-22(31)28-23(32)33-20/h3-4,9-13H,2,5-8H2,1H3,(H,28,31,32). The van der Waals surface area contributed by atoms with Gasteiger partial charge in [-0.3, -0.25) is 19.9 Å². The highest BCUT2D eigenvalue weighted by atomic mass is 35.5. The molecule has 8 nitrogen and oxygen atoms in total. The fourth-order valence-electron chi connectivity index (χ4n) is 4.06. The molecule has 5 rings (SSSR count). The highest BCUT2D eigenvalue weighted by Crippen LogP contribution is 2.34. The number of aromatic nitrogens is 3. The van der Waals surface area contributed by atoms with E-state index in [-0.39, 0.29) is 5.24 Å². The molecule has 1 N–H and O–H groups in total. The number of benzene rings is 1. The van der Waals surface area contributed by atoms with Crippen LogP contribution in [0.15, 0.2) is 41.7 Å². The molecule has 2 amide bonds. The van der Waals surface area contributed by atoms with Crippen LogP contribution in [-0.4, -0.2) is 63.7 Å². The average molecular weight is 481 g/mol. The van der Waals surface area contributed by atoms with Crippen LogP contribution in [0.4, 0.5) is 10.5 Å². The maximum atomic E-state index is 11.9. The summed E-state index contributed by atoms with van der Waals surface area (Å²) < 4.78 is 0. The second-order valence-electron chi connectivity index (χ2n) is 7.79. The number of halogens is 1. The average Bonchev–Trinajstić information content (AvgIpc) is 3.15. The Morgan fingerprint density at radius 2 is 1.94 bits per heavy atom. The summed E-state index contributed by atoms with van der Waals surface area (Å²) in [6, 6.07) is 7.82. The van der Waals surface area contributed by atoms with Gasteiger partial charge in [0.1, 0.15) is 6.33 Å². The number of rotatable bonds is 4. The normalized spacial score (nSPS) is 18.4. The first-order chi connectivity index (χ1) is 16.0. The lowest BCUT2D eigenvalue weighted by atomic mass is 10.1. The van der Waals surface area contributed by atoms with Gasteiger partial charge >= 0.3 is 0 Å². The molecule has 168 valence electrons. The highest BCUT2D eigenvalue weighted by molar-refractivity contribution is 8.18. The monoisotopic (exact) mass is 480 g/mol. The Balaban J connectivity index is 1.48. The third-order valence-electron chi connectivity index (χ3n) is 5.85. The van der Waals surface area contributed by atoms with Gasteiger partial charge in [0, 0.05) is 37.1 Å². The van der Waals surface area contributed by atoms with Crippen LogP contribution in [0.1, 0.15) is 12.6 Å². The van der Waals surface area contributed by atoms with Crippen molar-refractivity contribution in [2.24, 2.45) is 0 Å². The molecule has 3 aromatic rings. The smallest absolute Gasteiger partial charge is 0.290 e. The third kappa shape index (κ3) is 4.44. The van der Waals surface area contributed by atoms with E-state index in [0.29, 0.717) is 21.1 Å². The summed E-state index contributed by atoms with van der Waals surface area (Å²) in [5.74, 6) is -0.418. The lowest BCUT2D eigenvalue weighted by molar-refractivity contribution is -0.115. The Kier molecular flexibility index (Phi) is 6.01. The zero-order chi connectivity index (χ0) is 22.9. The molecule has 0 bridgehead atoms. The van der Waals surface area contributed by atoms with E-state index in [1.165, 1.54) is 6.33 Å². The van der Waals surface area contributed by atoms with Crippen molar-refractivity contribution < 1.29 is 9.59 Å². The zero-order valence-corrected chi connectivity index (χ0v) is 19.5. The second kappa shape index (κ2) is 9.09. The van der Waals surface area contributed by atoms with E-state index in [4.69, 9.17) is 11.6 Å². The van der Waals surface area contributed by atoms with Crippen LogP contribution in [0.25, 0.3) is 28.2 Å². The molecule has 10 heteroatoms. The van der Waals surface area contributed by atoms with Gasteiger partial charge in [0.15, 0.2) is 0 Å². The van der Waals surface area contributed by atoms with E-state index in [9.17, 15) is 9.59 Å². The van der Waals surface area contributed by atoms with Gasteiger partial charge in [-0.05, 0) is 42.6 Å². The molecule has 2 saturated heterocycles. The molecule has 1 aromatic carbocycles. The van der Waals surface area contributed by atoms with Crippen LogP contribution < -0.4 is 10.2 Å².